The van der Waals surface area contributed by atoms with Crippen LogP contribution in [0, 0.1) is 0 Å². The van der Waals surface area contributed by atoms with Crippen LogP contribution in [-0.2, 0) is 0 Å². The van der Waals surface area contributed by atoms with Gasteiger partial charge in [0.25, 0.3) is 5.91 Å². The van der Waals surface area contributed by atoms with Gasteiger partial charge in [0.15, 0.2) is 0 Å². The predicted octanol–water partition coefficient (Wildman–Crippen LogP) is 3.69. The fraction of sp³-hybridized carbons (Fsp3) is 0.364. The molecule has 0 aliphatic carbocycles. The van der Waals surface area contributed by atoms with E-state index in [1.54, 1.807) is 17.8 Å². The lowest BCUT2D eigenvalue weighted by Crippen LogP contribution is -2.29. The Morgan fingerprint density at radius 2 is 2.19 bits per heavy atom. The highest BCUT2D eigenvalue weighted by Crippen LogP contribution is 2.21. The molecule has 88 valence electrons. The second-order valence-corrected chi connectivity index (χ2v) is 6.43. The van der Waals surface area contributed by atoms with Gasteiger partial charge in [-0.3, -0.25) is 4.79 Å². The van der Waals surface area contributed by atoms with Gasteiger partial charge in [-0.05, 0) is 40.4 Å². The first-order chi connectivity index (χ1) is 7.54. The Morgan fingerprint density at radius 3 is 2.75 bits per heavy atom. The molecule has 1 rings (SSSR count). The first-order valence-electron chi connectivity index (χ1n) is 4.80. The molecule has 1 amide bonds. The number of carbonyl (C=O) groups excluding carboxylic acids is 1. The molecule has 0 saturated carbocycles. The number of hydrogen-bond acceptors (Lipinski definition) is 2. The topological polar surface area (TPSA) is 29.1 Å². The molecule has 1 unspecified atom stereocenters. The number of hydrogen-bond donors (Lipinski definition) is 1. The van der Waals surface area contributed by atoms with Crippen molar-refractivity contribution in [3.05, 3.63) is 32.7 Å². The molecule has 1 aromatic carbocycles. The van der Waals surface area contributed by atoms with Crippen molar-refractivity contribution in [2.75, 3.05) is 12.8 Å². The largest absolute Gasteiger partial charge is 0.351 e. The van der Waals surface area contributed by atoms with Crippen molar-refractivity contribution in [2.24, 2.45) is 0 Å². The summed E-state index contributed by atoms with van der Waals surface area (Å²) in [5.74, 6) is -0.0414. The minimum Gasteiger partial charge on any atom is -0.351 e. The zero-order valence-electron chi connectivity index (χ0n) is 9.09. The molecule has 0 fully saturated rings. The van der Waals surface area contributed by atoms with Gasteiger partial charge < -0.3 is 5.32 Å². The van der Waals surface area contributed by atoms with Crippen LogP contribution in [0.15, 0.2) is 27.1 Å². The highest BCUT2D eigenvalue weighted by atomic mass is 79.9. The summed E-state index contributed by atoms with van der Waals surface area (Å²) in [7, 11) is 0. The van der Waals surface area contributed by atoms with Crippen LogP contribution in [0.3, 0.4) is 0 Å². The lowest BCUT2D eigenvalue weighted by molar-refractivity contribution is 0.0953. The minimum atomic E-state index is -0.0414. The van der Waals surface area contributed by atoms with Crippen LogP contribution >= 0.6 is 43.6 Å². The molecular weight excluding hydrogens is 354 g/mol. The van der Waals surface area contributed by atoms with Gasteiger partial charge in [0.2, 0.25) is 0 Å². The quantitative estimate of drug-likeness (QED) is 0.880. The summed E-state index contributed by atoms with van der Waals surface area (Å²) in [5, 5.41) is 3.33. The van der Waals surface area contributed by atoms with E-state index in [0.717, 1.165) is 8.95 Å². The van der Waals surface area contributed by atoms with Crippen LogP contribution in [0.1, 0.15) is 17.3 Å². The fourth-order valence-corrected chi connectivity index (χ4v) is 2.57. The van der Waals surface area contributed by atoms with E-state index in [1.165, 1.54) is 0 Å². The summed E-state index contributed by atoms with van der Waals surface area (Å²) in [5.41, 5.74) is 0.663. The van der Waals surface area contributed by atoms with Gasteiger partial charge >= 0.3 is 0 Å². The molecule has 0 aliphatic rings. The number of nitrogens with one attached hydrogen (secondary N) is 1. The molecule has 0 aromatic heterocycles. The van der Waals surface area contributed by atoms with E-state index in [-0.39, 0.29) is 5.91 Å². The van der Waals surface area contributed by atoms with Crippen molar-refractivity contribution in [3.63, 3.8) is 0 Å². The third-order valence-corrected chi connectivity index (χ3v) is 4.25. The standard InChI is InChI=1S/C11H13Br2NOS/c1-7(16-2)6-14-11(15)9-4-3-8(12)5-10(9)13/h3-5,7H,6H2,1-2H3,(H,14,15). The second-order valence-electron chi connectivity index (χ2n) is 3.38. The molecule has 0 spiro atoms. The molecule has 0 saturated heterocycles. The smallest absolute Gasteiger partial charge is 0.252 e. The average molecular weight is 367 g/mol. The van der Waals surface area contributed by atoms with Crippen LogP contribution in [0.25, 0.3) is 0 Å². The SMILES string of the molecule is CSC(C)CNC(=O)c1ccc(Br)cc1Br. The molecule has 0 bridgehead atoms. The molecule has 0 aliphatic heterocycles. The highest BCUT2D eigenvalue weighted by Gasteiger charge is 2.10. The number of benzene rings is 1. The summed E-state index contributed by atoms with van der Waals surface area (Å²) in [6, 6.07) is 5.53. The number of amides is 1. The first-order valence-corrected chi connectivity index (χ1v) is 7.68. The first kappa shape index (κ1) is 14.1. The summed E-state index contributed by atoms with van der Waals surface area (Å²) in [6.07, 6.45) is 2.03. The second kappa shape index (κ2) is 6.67. The van der Waals surface area contributed by atoms with E-state index in [1.807, 2.05) is 18.4 Å². The Labute approximate surface area is 117 Å². The van der Waals surface area contributed by atoms with Gasteiger partial charge in [-0.1, -0.05) is 22.9 Å². The molecule has 2 nitrogen and oxygen atoms in total. The van der Waals surface area contributed by atoms with E-state index >= 15 is 0 Å². The molecular formula is C11H13Br2NOS. The normalized spacial score (nSPS) is 12.2. The molecule has 5 heteroatoms. The van der Waals surface area contributed by atoms with Gasteiger partial charge in [0, 0.05) is 20.7 Å². The maximum absolute atomic E-state index is 11.8. The van der Waals surface area contributed by atoms with E-state index in [0.29, 0.717) is 17.4 Å². The van der Waals surface area contributed by atoms with Crippen molar-refractivity contribution in [2.45, 2.75) is 12.2 Å². The fourth-order valence-electron chi connectivity index (χ4n) is 1.09. The van der Waals surface area contributed by atoms with Crippen molar-refractivity contribution < 1.29 is 4.79 Å². The lowest BCUT2D eigenvalue weighted by Gasteiger charge is -2.10. The van der Waals surface area contributed by atoms with E-state index < -0.39 is 0 Å². The van der Waals surface area contributed by atoms with E-state index in [9.17, 15) is 4.79 Å². The van der Waals surface area contributed by atoms with Gasteiger partial charge in [-0.25, -0.2) is 0 Å². The van der Waals surface area contributed by atoms with Gasteiger partial charge in [-0.2, -0.15) is 11.8 Å². The lowest BCUT2D eigenvalue weighted by atomic mass is 10.2. The van der Waals surface area contributed by atoms with Crippen molar-refractivity contribution in [3.8, 4) is 0 Å². The van der Waals surface area contributed by atoms with Gasteiger partial charge in [0.1, 0.15) is 0 Å². The van der Waals surface area contributed by atoms with Crippen LogP contribution in [-0.4, -0.2) is 24.0 Å². The summed E-state index contributed by atoms with van der Waals surface area (Å²) < 4.78 is 1.75. The third-order valence-electron chi connectivity index (χ3n) is 2.13. The predicted molar refractivity (Wildman–Crippen MR) is 77.2 cm³/mol. The summed E-state index contributed by atoms with van der Waals surface area (Å²) >= 11 is 8.46. The minimum absolute atomic E-state index is 0.0414. The highest BCUT2D eigenvalue weighted by molar-refractivity contribution is 9.11. The van der Waals surface area contributed by atoms with Crippen LogP contribution in [0.4, 0.5) is 0 Å². The van der Waals surface area contributed by atoms with Crippen LogP contribution < -0.4 is 5.32 Å². The van der Waals surface area contributed by atoms with Gasteiger partial charge in [0.05, 0.1) is 5.56 Å². The van der Waals surface area contributed by atoms with Crippen LogP contribution in [0.5, 0.6) is 0 Å². The Hall–Kier alpha value is -0.000000000000000111. The van der Waals surface area contributed by atoms with Crippen molar-refractivity contribution in [1.29, 1.82) is 0 Å². The maximum Gasteiger partial charge on any atom is 0.252 e. The van der Waals surface area contributed by atoms with Gasteiger partial charge in [-0.15, -0.1) is 0 Å². The molecule has 0 radical (unpaired) electrons. The third kappa shape index (κ3) is 4.11. The molecule has 1 N–H and O–H groups in total. The Balaban J connectivity index is 2.66. The summed E-state index contributed by atoms with van der Waals surface area (Å²) in [4.78, 5) is 11.8. The van der Waals surface area contributed by atoms with E-state index in [4.69, 9.17) is 0 Å². The Morgan fingerprint density at radius 1 is 1.50 bits per heavy atom. The molecule has 16 heavy (non-hydrogen) atoms. The Kier molecular flexibility index (Phi) is 5.86. The molecule has 1 aromatic rings. The Bertz CT molecular complexity index is 384. The number of carbonyl (C=O) groups is 1. The molecule has 1 atom stereocenters. The summed E-state index contributed by atoms with van der Waals surface area (Å²) in [6.45, 7) is 2.77. The average Bonchev–Trinajstić information content (AvgIpc) is 2.25. The number of rotatable bonds is 4. The van der Waals surface area contributed by atoms with Crippen molar-refractivity contribution in [1.82, 2.24) is 5.32 Å². The number of halogens is 2. The maximum atomic E-state index is 11.8. The zero-order chi connectivity index (χ0) is 12.1. The van der Waals surface area contributed by atoms with Crippen molar-refractivity contribution >= 4 is 49.5 Å². The number of thioether (sulfide) groups is 1. The molecule has 0 heterocycles. The van der Waals surface area contributed by atoms with Crippen LogP contribution in [0.2, 0.25) is 0 Å². The van der Waals surface area contributed by atoms with E-state index in [2.05, 4.69) is 44.1 Å². The monoisotopic (exact) mass is 365 g/mol. The zero-order valence-corrected chi connectivity index (χ0v) is 13.1.